The smallest absolute Gasteiger partial charge is 0.336 e. The highest BCUT2D eigenvalue weighted by molar-refractivity contribution is 7.71. The minimum atomic E-state index is -0.532. The molecule has 0 radical (unpaired) electrons. The molecule has 1 aliphatic heterocycles. The lowest BCUT2D eigenvalue weighted by Crippen LogP contribution is -2.30. The van der Waals surface area contributed by atoms with E-state index >= 15 is 0 Å². The van der Waals surface area contributed by atoms with Crippen LogP contribution in [0, 0.1) is 4.77 Å². The summed E-state index contributed by atoms with van der Waals surface area (Å²) in [6.07, 6.45) is 0. The molecule has 1 aliphatic rings. The molecule has 1 atom stereocenters. The number of nitrogens with one attached hydrogen (secondary N) is 3. The molecule has 1 aromatic carbocycles. The van der Waals surface area contributed by atoms with Crippen LogP contribution in [0.3, 0.4) is 0 Å². The molecule has 118 valence electrons. The molecule has 0 amide bonds. The average molecular weight is 329 g/mol. The van der Waals surface area contributed by atoms with Crippen LogP contribution in [0.4, 0.5) is 5.82 Å². The van der Waals surface area contributed by atoms with Gasteiger partial charge in [-0.15, -0.1) is 0 Å². The van der Waals surface area contributed by atoms with Crippen molar-refractivity contribution in [2.24, 2.45) is 0 Å². The third kappa shape index (κ3) is 2.59. The molecule has 0 saturated carbocycles. The number of ether oxygens (including phenoxy) is 1. The van der Waals surface area contributed by atoms with Crippen molar-refractivity contribution in [1.82, 2.24) is 9.97 Å². The number of H-pyrrole nitrogens is 2. The van der Waals surface area contributed by atoms with Crippen LogP contribution in [-0.2, 0) is 9.53 Å². The molecule has 6 nitrogen and oxygen atoms in total. The molecule has 2 aromatic rings. The number of carbonyl (C=O) groups is 1. The highest BCUT2D eigenvalue weighted by Gasteiger charge is 2.35. The van der Waals surface area contributed by atoms with E-state index in [1.54, 1.807) is 6.92 Å². The minimum Gasteiger partial charge on any atom is -0.466 e. The minimum absolute atomic E-state index is 0.224. The number of benzene rings is 1. The Morgan fingerprint density at radius 3 is 2.57 bits per heavy atom. The summed E-state index contributed by atoms with van der Waals surface area (Å²) in [6, 6.07) is 9.35. The molecular formula is C16H15N3O3S. The van der Waals surface area contributed by atoms with Gasteiger partial charge in [-0.25, -0.2) is 4.79 Å². The van der Waals surface area contributed by atoms with E-state index in [9.17, 15) is 9.59 Å². The predicted molar refractivity (Wildman–Crippen MR) is 88.9 cm³/mol. The van der Waals surface area contributed by atoms with Gasteiger partial charge in [-0.3, -0.25) is 9.78 Å². The fourth-order valence-electron chi connectivity index (χ4n) is 2.85. The number of hydrogen-bond donors (Lipinski definition) is 3. The lowest BCUT2D eigenvalue weighted by Gasteiger charge is -2.28. The first kappa shape index (κ1) is 15.2. The summed E-state index contributed by atoms with van der Waals surface area (Å²) in [6.45, 7) is 1.77. The number of anilines is 1. The Bertz CT molecular complexity index is 912. The van der Waals surface area contributed by atoms with Gasteiger partial charge in [-0.1, -0.05) is 30.3 Å². The van der Waals surface area contributed by atoms with Gasteiger partial charge < -0.3 is 15.0 Å². The second-order valence-corrected chi connectivity index (χ2v) is 5.60. The zero-order valence-electron chi connectivity index (χ0n) is 12.6. The Hall–Kier alpha value is -2.67. The van der Waals surface area contributed by atoms with Crippen molar-refractivity contribution in [3.8, 4) is 0 Å². The molecule has 0 bridgehead atoms. The number of allylic oxidation sites excluding steroid dienone is 1. The van der Waals surface area contributed by atoms with Gasteiger partial charge in [-0.2, -0.15) is 0 Å². The summed E-state index contributed by atoms with van der Waals surface area (Å²) in [5.74, 6) is -0.510. The van der Waals surface area contributed by atoms with Gasteiger partial charge in [0.25, 0.3) is 5.56 Å². The lowest BCUT2D eigenvalue weighted by molar-refractivity contribution is -0.136. The van der Waals surface area contributed by atoms with Gasteiger partial charge in [0.1, 0.15) is 5.82 Å². The maximum absolute atomic E-state index is 12.5. The van der Waals surface area contributed by atoms with E-state index in [2.05, 4.69) is 15.3 Å². The summed E-state index contributed by atoms with van der Waals surface area (Å²) < 4.78 is 5.14. The van der Waals surface area contributed by atoms with Crippen molar-refractivity contribution in [3.05, 3.63) is 67.9 Å². The van der Waals surface area contributed by atoms with Gasteiger partial charge in [0.2, 0.25) is 0 Å². The summed E-state index contributed by atoms with van der Waals surface area (Å²) >= 11 is 5.02. The maximum atomic E-state index is 12.5. The highest BCUT2D eigenvalue weighted by atomic mass is 32.1. The van der Waals surface area contributed by atoms with Crippen molar-refractivity contribution >= 4 is 24.0 Å². The largest absolute Gasteiger partial charge is 0.466 e. The number of fused-ring (bicyclic) bond motifs is 1. The molecule has 2 heterocycles. The van der Waals surface area contributed by atoms with Crippen molar-refractivity contribution in [1.29, 1.82) is 0 Å². The third-order valence-electron chi connectivity index (χ3n) is 3.81. The lowest BCUT2D eigenvalue weighted by atomic mass is 9.82. The summed E-state index contributed by atoms with van der Waals surface area (Å²) in [7, 11) is 1.32. The number of carbonyl (C=O) groups excluding carboxylic acids is 1. The van der Waals surface area contributed by atoms with Crippen LogP contribution in [0.2, 0.25) is 0 Å². The summed E-state index contributed by atoms with van der Waals surface area (Å²) in [4.78, 5) is 30.3. The molecule has 3 rings (SSSR count). The normalized spacial score (nSPS) is 16.5. The standard InChI is InChI=1S/C16H15N3O3S/c1-8-10(15(21)22-2)11(9-6-4-3-5-7-9)12-13(17-8)18-16(23)19-14(12)20/h3-7,11H,1-2H3,(H3,17,18,19,20,23). The topological polar surface area (TPSA) is 87.0 Å². The van der Waals surface area contributed by atoms with Gasteiger partial charge in [-0.05, 0) is 24.7 Å². The number of hydrogen-bond acceptors (Lipinski definition) is 5. The number of aromatic amines is 2. The second-order valence-electron chi connectivity index (χ2n) is 5.20. The van der Waals surface area contributed by atoms with Crippen molar-refractivity contribution in [2.45, 2.75) is 12.8 Å². The van der Waals surface area contributed by atoms with Crippen LogP contribution in [0.1, 0.15) is 24.0 Å². The van der Waals surface area contributed by atoms with E-state index < -0.39 is 11.9 Å². The first-order chi connectivity index (χ1) is 11.0. The molecule has 0 spiro atoms. The first-order valence-electron chi connectivity index (χ1n) is 7.00. The van der Waals surface area contributed by atoms with E-state index in [4.69, 9.17) is 17.0 Å². The van der Waals surface area contributed by atoms with E-state index in [1.807, 2.05) is 30.3 Å². The molecule has 0 fully saturated rings. The Balaban J connectivity index is 2.33. The number of aromatic nitrogens is 2. The highest BCUT2D eigenvalue weighted by Crippen LogP contribution is 2.39. The fraction of sp³-hybridized carbons (Fsp3) is 0.188. The molecule has 1 aromatic heterocycles. The summed E-state index contributed by atoms with van der Waals surface area (Å²) in [5, 5.41) is 3.04. The monoisotopic (exact) mass is 329 g/mol. The first-order valence-corrected chi connectivity index (χ1v) is 7.41. The van der Waals surface area contributed by atoms with Gasteiger partial charge in [0, 0.05) is 5.70 Å². The predicted octanol–water partition coefficient (Wildman–Crippen LogP) is 2.44. The van der Waals surface area contributed by atoms with E-state index in [1.165, 1.54) is 7.11 Å². The molecule has 3 N–H and O–H groups in total. The molecule has 7 heteroatoms. The fourth-order valence-corrected chi connectivity index (χ4v) is 3.04. The van der Waals surface area contributed by atoms with Crippen molar-refractivity contribution in [3.63, 3.8) is 0 Å². The second kappa shape index (κ2) is 5.85. The van der Waals surface area contributed by atoms with Crippen LogP contribution in [0.15, 0.2) is 46.4 Å². The van der Waals surface area contributed by atoms with Gasteiger partial charge >= 0.3 is 5.97 Å². The van der Waals surface area contributed by atoms with Crippen LogP contribution < -0.4 is 10.9 Å². The Kier molecular flexibility index (Phi) is 3.87. The van der Waals surface area contributed by atoms with E-state index in [-0.39, 0.29) is 10.3 Å². The third-order valence-corrected chi connectivity index (χ3v) is 4.02. The van der Waals surface area contributed by atoms with Gasteiger partial charge in [0.05, 0.1) is 24.2 Å². The Morgan fingerprint density at radius 1 is 1.22 bits per heavy atom. The number of rotatable bonds is 2. The average Bonchev–Trinajstić information content (AvgIpc) is 2.53. The zero-order valence-corrected chi connectivity index (χ0v) is 13.4. The summed E-state index contributed by atoms with van der Waals surface area (Å²) in [5.41, 5.74) is 1.93. The van der Waals surface area contributed by atoms with Crippen LogP contribution >= 0.6 is 12.2 Å². The van der Waals surface area contributed by atoms with Crippen LogP contribution in [-0.4, -0.2) is 23.0 Å². The molecular weight excluding hydrogens is 314 g/mol. The maximum Gasteiger partial charge on any atom is 0.336 e. The number of methoxy groups -OCH3 is 1. The van der Waals surface area contributed by atoms with E-state index in [0.717, 1.165) is 5.56 Å². The van der Waals surface area contributed by atoms with Crippen LogP contribution in [0.5, 0.6) is 0 Å². The quantitative estimate of drug-likeness (QED) is 0.582. The molecule has 0 saturated heterocycles. The molecule has 1 unspecified atom stereocenters. The number of esters is 1. The Labute approximate surface area is 137 Å². The van der Waals surface area contributed by atoms with Crippen LogP contribution in [0.25, 0.3) is 0 Å². The molecule has 23 heavy (non-hydrogen) atoms. The zero-order chi connectivity index (χ0) is 16.6. The van der Waals surface area contributed by atoms with E-state index in [0.29, 0.717) is 22.7 Å². The SMILES string of the molecule is COC(=O)C1=C(C)Nc2[nH]c(=S)[nH]c(=O)c2C1c1ccccc1. The Morgan fingerprint density at radius 2 is 1.91 bits per heavy atom. The molecule has 0 aliphatic carbocycles. The van der Waals surface area contributed by atoms with Crippen molar-refractivity contribution < 1.29 is 9.53 Å². The van der Waals surface area contributed by atoms with Crippen molar-refractivity contribution in [2.75, 3.05) is 12.4 Å². The van der Waals surface area contributed by atoms with Gasteiger partial charge in [0.15, 0.2) is 4.77 Å².